The molecular formula is C20H30N4O2S. The first kappa shape index (κ1) is 20.0. The molecule has 6 nitrogen and oxygen atoms in total. The smallest absolute Gasteiger partial charge is 0.348 e. The second kappa shape index (κ2) is 7.02. The normalized spacial score (nSPS) is 19.2. The van der Waals surface area contributed by atoms with Gasteiger partial charge in [-0.1, -0.05) is 0 Å². The van der Waals surface area contributed by atoms with Crippen LogP contribution in [0.2, 0.25) is 0 Å². The van der Waals surface area contributed by atoms with Crippen LogP contribution in [0.1, 0.15) is 68.5 Å². The van der Waals surface area contributed by atoms with Gasteiger partial charge in [0.25, 0.3) is 0 Å². The molecule has 0 saturated carbocycles. The molecule has 2 N–H and O–H groups in total. The summed E-state index contributed by atoms with van der Waals surface area (Å²) in [6.45, 7) is 15.0. The van der Waals surface area contributed by atoms with E-state index in [-0.39, 0.29) is 17.0 Å². The summed E-state index contributed by atoms with van der Waals surface area (Å²) in [6, 6.07) is 0.291. The highest BCUT2D eigenvalue weighted by molar-refractivity contribution is 7.20. The number of thiophene rings is 1. The molecule has 2 aromatic heterocycles. The van der Waals surface area contributed by atoms with Gasteiger partial charge >= 0.3 is 5.97 Å². The Morgan fingerprint density at radius 3 is 2.44 bits per heavy atom. The number of hydrogen-bond donors (Lipinski definition) is 2. The Kier molecular flexibility index (Phi) is 5.20. The highest BCUT2D eigenvalue weighted by atomic mass is 32.1. The number of anilines is 1. The number of ether oxygens (including phenoxy) is 1. The largest absolute Gasteiger partial charge is 0.462 e. The number of nitrogens with zero attached hydrogens (tertiary/aromatic N) is 2. The fourth-order valence-corrected chi connectivity index (χ4v) is 5.48. The molecule has 148 valence electrons. The van der Waals surface area contributed by atoms with E-state index in [4.69, 9.17) is 4.74 Å². The fourth-order valence-electron chi connectivity index (χ4n) is 4.36. The molecule has 1 saturated heterocycles. The van der Waals surface area contributed by atoms with Gasteiger partial charge in [-0.2, -0.15) is 0 Å². The molecular weight excluding hydrogens is 360 g/mol. The number of rotatable bonds is 4. The molecule has 0 aliphatic carbocycles. The number of nitrogens with one attached hydrogen (secondary N) is 2. The summed E-state index contributed by atoms with van der Waals surface area (Å²) < 4.78 is 5.21. The third-order valence-corrected chi connectivity index (χ3v) is 6.06. The number of carbonyl (C=O) groups is 1. The molecule has 3 heterocycles. The number of esters is 1. The third kappa shape index (κ3) is 4.24. The van der Waals surface area contributed by atoms with Crippen molar-refractivity contribution in [3.8, 4) is 0 Å². The van der Waals surface area contributed by atoms with Crippen LogP contribution in [0.25, 0.3) is 10.2 Å². The quantitative estimate of drug-likeness (QED) is 0.762. The maximum atomic E-state index is 12.3. The second-order valence-corrected chi connectivity index (χ2v) is 9.72. The molecule has 27 heavy (non-hydrogen) atoms. The van der Waals surface area contributed by atoms with Gasteiger partial charge in [-0.05, 0) is 66.9 Å². The Bertz CT molecular complexity index is 856. The molecule has 1 aliphatic heterocycles. The van der Waals surface area contributed by atoms with Crippen LogP contribution in [-0.2, 0) is 4.74 Å². The molecule has 0 spiro atoms. The van der Waals surface area contributed by atoms with E-state index >= 15 is 0 Å². The maximum absolute atomic E-state index is 12.3. The summed E-state index contributed by atoms with van der Waals surface area (Å²) >= 11 is 1.38. The lowest BCUT2D eigenvalue weighted by Crippen LogP contribution is -2.60. The third-order valence-electron chi connectivity index (χ3n) is 4.89. The van der Waals surface area contributed by atoms with E-state index in [0.29, 0.717) is 23.4 Å². The number of aryl methyl sites for hydroxylation is 2. The summed E-state index contributed by atoms with van der Waals surface area (Å²) in [5, 5.41) is 8.31. The summed E-state index contributed by atoms with van der Waals surface area (Å²) in [6.07, 6.45) is 1.99. The number of piperidine rings is 1. The lowest BCUT2D eigenvalue weighted by atomic mass is 9.79. The predicted molar refractivity (Wildman–Crippen MR) is 111 cm³/mol. The Balaban J connectivity index is 2.00. The van der Waals surface area contributed by atoms with Crippen molar-refractivity contribution in [2.45, 2.75) is 78.4 Å². The van der Waals surface area contributed by atoms with Crippen LogP contribution in [0.3, 0.4) is 0 Å². The average molecular weight is 391 g/mol. The first-order valence-electron chi connectivity index (χ1n) is 9.52. The number of carbonyl (C=O) groups excluding carboxylic acids is 1. The van der Waals surface area contributed by atoms with Crippen LogP contribution in [-0.4, -0.2) is 39.7 Å². The first-order chi connectivity index (χ1) is 12.5. The van der Waals surface area contributed by atoms with Crippen molar-refractivity contribution in [3.63, 3.8) is 0 Å². The van der Waals surface area contributed by atoms with Crippen LogP contribution in [0, 0.1) is 13.8 Å². The van der Waals surface area contributed by atoms with E-state index in [1.165, 1.54) is 11.3 Å². The SMILES string of the molecule is CCOC(=O)c1sc2nc(C)nc(NC3CC(C)(C)NC(C)(C)C3)c2c1C. The van der Waals surface area contributed by atoms with Gasteiger partial charge in [-0.15, -0.1) is 11.3 Å². The minimum atomic E-state index is -0.286. The van der Waals surface area contributed by atoms with Crippen LogP contribution in [0.15, 0.2) is 0 Å². The molecule has 0 aromatic carbocycles. The molecule has 0 bridgehead atoms. The van der Waals surface area contributed by atoms with Crippen molar-refractivity contribution in [2.24, 2.45) is 0 Å². The summed E-state index contributed by atoms with van der Waals surface area (Å²) in [4.78, 5) is 23.0. The minimum Gasteiger partial charge on any atom is -0.462 e. The van der Waals surface area contributed by atoms with Gasteiger partial charge in [0.2, 0.25) is 0 Å². The number of fused-ring (bicyclic) bond motifs is 1. The first-order valence-corrected chi connectivity index (χ1v) is 10.3. The van der Waals surface area contributed by atoms with Gasteiger partial charge in [0.1, 0.15) is 21.3 Å². The van der Waals surface area contributed by atoms with Gasteiger partial charge in [-0.3, -0.25) is 0 Å². The molecule has 1 aliphatic rings. The van der Waals surface area contributed by atoms with Crippen molar-refractivity contribution < 1.29 is 9.53 Å². The van der Waals surface area contributed by atoms with Gasteiger partial charge in [0.15, 0.2) is 0 Å². The van der Waals surface area contributed by atoms with Crippen molar-refractivity contribution in [2.75, 3.05) is 11.9 Å². The molecule has 0 radical (unpaired) electrons. The van der Waals surface area contributed by atoms with Gasteiger partial charge in [-0.25, -0.2) is 14.8 Å². The molecule has 7 heteroatoms. The van der Waals surface area contributed by atoms with Crippen molar-refractivity contribution in [1.82, 2.24) is 15.3 Å². The van der Waals surface area contributed by atoms with Crippen molar-refractivity contribution in [1.29, 1.82) is 0 Å². The van der Waals surface area contributed by atoms with Gasteiger partial charge in [0.05, 0.1) is 12.0 Å². The van der Waals surface area contributed by atoms with E-state index in [1.807, 2.05) is 20.8 Å². The van der Waals surface area contributed by atoms with E-state index in [0.717, 1.165) is 34.4 Å². The van der Waals surface area contributed by atoms with Gasteiger partial charge < -0.3 is 15.4 Å². The highest BCUT2D eigenvalue weighted by Crippen LogP contribution is 2.36. The van der Waals surface area contributed by atoms with E-state index in [2.05, 4.69) is 48.3 Å². The Labute approximate surface area is 165 Å². The average Bonchev–Trinajstić information content (AvgIpc) is 2.81. The topological polar surface area (TPSA) is 76.1 Å². The highest BCUT2D eigenvalue weighted by Gasteiger charge is 2.38. The lowest BCUT2D eigenvalue weighted by molar-refractivity contribution is 0.0531. The van der Waals surface area contributed by atoms with Crippen molar-refractivity contribution in [3.05, 3.63) is 16.3 Å². The standard InChI is InChI=1S/C20H30N4O2S/c1-8-26-18(25)15-11(2)14-16(21-12(3)22-17(14)27-15)23-13-9-19(4,5)24-20(6,7)10-13/h13,24H,8-10H2,1-7H3,(H,21,22,23). The molecule has 1 fully saturated rings. The monoisotopic (exact) mass is 390 g/mol. The number of hydrogen-bond acceptors (Lipinski definition) is 7. The second-order valence-electron chi connectivity index (χ2n) is 8.72. The van der Waals surface area contributed by atoms with Crippen LogP contribution < -0.4 is 10.6 Å². The lowest BCUT2D eigenvalue weighted by Gasteiger charge is -2.46. The predicted octanol–water partition coefficient (Wildman–Crippen LogP) is 4.21. The molecule has 0 atom stereocenters. The Morgan fingerprint density at radius 1 is 1.22 bits per heavy atom. The van der Waals surface area contributed by atoms with E-state index < -0.39 is 0 Å². The summed E-state index contributed by atoms with van der Waals surface area (Å²) in [5.74, 6) is 1.24. The van der Waals surface area contributed by atoms with E-state index in [1.54, 1.807) is 0 Å². The molecule has 0 unspecified atom stereocenters. The Hall–Kier alpha value is -1.73. The molecule has 0 amide bonds. The van der Waals surface area contributed by atoms with E-state index in [9.17, 15) is 4.79 Å². The van der Waals surface area contributed by atoms with Crippen LogP contribution >= 0.6 is 11.3 Å². The Morgan fingerprint density at radius 2 is 1.85 bits per heavy atom. The molecule has 2 aromatic rings. The zero-order valence-electron chi connectivity index (χ0n) is 17.3. The minimum absolute atomic E-state index is 0.0421. The summed E-state index contributed by atoms with van der Waals surface area (Å²) in [5.41, 5.74) is 0.976. The van der Waals surface area contributed by atoms with Crippen LogP contribution in [0.4, 0.5) is 5.82 Å². The zero-order chi connectivity index (χ0) is 20.0. The van der Waals surface area contributed by atoms with Gasteiger partial charge in [0, 0.05) is 17.1 Å². The fraction of sp³-hybridized carbons (Fsp3) is 0.650. The number of aromatic nitrogens is 2. The zero-order valence-corrected chi connectivity index (χ0v) is 18.1. The maximum Gasteiger partial charge on any atom is 0.348 e. The van der Waals surface area contributed by atoms with Crippen molar-refractivity contribution >= 4 is 33.3 Å². The molecule has 3 rings (SSSR count). The summed E-state index contributed by atoms with van der Waals surface area (Å²) in [7, 11) is 0. The van der Waals surface area contributed by atoms with Crippen LogP contribution in [0.5, 0.6) is 0 Å².